The average Bonchev–Trinajstić information content (AvgIpc) is 2.22. The third kappa shape index (κ3) is 4.09. The number of aryl methyl sites for hydroxylation is 1. The molecule has 86 valence electrons. The minimum absolute atomic E-state index is 0.0203. The molecule has 15 heavy (non-hydrogen) atoms. The number of rotatable bonds is 4. The molecule has 0 radical (unpaired) electrons. The molecule has 2 atom stereocenters. The number of benzene rings is 1. The van der Waals surface area contributed by atoms with E-state index in [1.54, 1.807) is 0 Å². The van der Waals surface area contributed by atoms with E-state index in [9.17, 15) is 5.11 Å². The molecule has 3 heteroatoms. The van der Waals surface area contributed by atoms with Crippen molar-refractivity contribution in [3.63, 3.8) is 0 Å². The molecule has 0 fully saturated rings. The first-order valence-corrected chi connectivity index (χ1v) is 8.68. The van der Waals surface area contributed by atoms with Gasteiger partial charge in [-0.25, -0.2) is 0 Å². The number of phenolic OH excluding ortho intramolecular Hbond substituents is 1. The van der Waals surface area contributed by atoms with Gasteiger partial charge in [-0.3, -0.25) is 0 Å². The maximum atomic E-state index is 9.62. The Bertz CT molecular complexity index is 325. The molecule has 0 aliphatic rings. The Morgan fingerprint density at radius 3 is 2.67 bits per heavy atom. The summed E-state index contributed by atoms with van der Waals surface area (Å²) in [6, 6.07) is 6.13. The Morgan fingerprint density at radius 1 is 1.47 bits per heavy atom. The Kier molecular flexibility index (Phi) is 5.66. The van der Waals surface area contributed by atoms with Crippen molar-refractivity contribution in [2.75, 3.05) is 0 Å². The van der Waals surface area contributed by atoms with Crippen LogP contribution in [0.3, 0.4) is 0 Å². The first kappa shape index (κ1) is 13.5. The van der Waals surface area contributed by atoms with Crippen LogP contribution in [0.2, 0.25) is 0 Å². The van der Waals surface area contributed by atoms with Crippen molar-refractivity contribution < 1.29 is 26.3 Å². The molecule has 0 heterocycles. The van der Waals surface area contributed by atoms with E-state index in [-0.39, 0.29) is 21.2 Å². The van der Waals surface area contributed by atoms with Crippen molar-refractivity contribution in [1.82, 2.24) is 0 Å². The molecular weight excluding hydrogens is 414 g/mol. The second-order valence-electron chi connectivity index (χ2n) is 3.64. The summed E-state index contributed by atoms with van der Waals surface area (Å²) in [6.45, 7) is 6.50. The van der Waals surface area contributed by atoms with Crippen LogP contribution < -0.4 is 21.2 Å². The maximum absolute atomic E-state index is 9.62. The third-order valence-electron chi connectivity index (χ3n) is 2.36. The number of alkyl halides is 2. The van der Waals surface area contributed by atoms with Crippen LogP contribution in [0.1, 0.15) is 25.8 Å². The molecule has 0 aliphatic heterocycles. The van der Waals surface area contributed by atoms with E-state index in [0.717, 1.165) is 13.4 Å². The summed E-state index contributed by atoms with van der Waals surface area (Å²) in [6.07, 6.45) is 1.24. The van der Waals surface area contributed by atoms with Crippen molar-refractivity contribution in [1.29, 1.82) is 0 Å². The van der Waals surface area contributed by atoms with Crippen molar-refractivity contribution >= 4 is 22.6 Å². The van der Waals surface area contributed by atoms with Crippen LogP contribution in [-0.2, 0) is 0 Å². The molecule has 0 saturated carbocycles. The number of hydrogen-bond acceptors (Lipinski definition) is 1. The predicted molar refractivity (Wildman–Crippen MR) is 69.1 cm³/mol. The molecule has 0 spiro atoms. The summed E-state index contributed by atoms with van der Waals surface area (Å²) in [5.41, 5.74) is 0.969. The van der Waals surface area contributed by atoms with Gasteiger partial charge < -0.3 is 0 Å². The molecule has 1 aromatic rings. The van der Waals surface area contributed by atoms with E-state index < -0.39 is 0 Å². The van der Waals surface area contributed by atoms with Crippen LogP contribution in [0.5, 0.6) is 5.75 Å². The van der Waals surface area contributed by atoms with Gasteiger partial charge in [-0.1, -0.05) is 0 Å². The van der Waals surface area contributed by atoms with Crippen LogP contribution >= 0.6 is 22.6 Å². The molecule has 1 N–H and O–H groups in total. The fourth-order valence-corrected chi connectivity index (χ4v) is 5.05. The Hall–Kier alpha value is 0.480. The second-order valence-corrected chi connectivity index (χ2v) is 9.07. The van der Waals surface area contributed by atoms with Gasteiger partial charge in [0.2, 0.25) is 0 Å². The van der Waals surface area contributed by atoms with Crippen LogP contribution in [0.25, 0.3) is 0 Å². The third-order valence-corrected chi connectivity index (χ3v) is 8.93. The standard InChI is InChI=1S/C12H17I2O/c1-4-11(13)9(3)14-10-6-5-8(2)12(15)7-10/h5-7,9,11,15H,4H2,1-3H3/q-1. The fraction of sp³-hybridized carbons (Fsp3) is 0.500. The van der Waals surface area contributed by atoms with Gasteiger partial charge in [0.1, 0.15) is 0 Å². The molecule has 0 aliphatic carbocycles. The minimum atomic E-state index is 0.0203. The first-order chi connectivity index (χ1) is 7.04. The zero-order valence-electron chi connectivity index (χ0n) is 9.30. The topological polar surface area (TPSA) is 20.2 Å². The Labute approximate surface area is 116 Å². The van der Waals surface area contributed by atoms with Crippen molar-refractivity contribution in [3.05, 3.63) is 27.3 Å². The summed E-state index contributed by atoms with van der Waals surface area (Å²) in [5.74, 6) is 0.445. The number of aromatic hydroxyl groups is 1. The summed E-state index contributed by atoms with van der Waals surface area (Å²) in [5, 5.41) is 9.62. The van der Waals surface area contributed by atoms with Crippen molar-refractivity contribution in [3.8, 4) is 5.75 Å². The van der Waals surface area contributed by atoms with E-state index in [4.69, 9.17) is 0 Å². The first-order valence-electron chi connectivity index (χ1n) is 5.11. The number of hydrogen-bond donors (Lipinski definition) is 1. The average molecular weight is 431 g/mol. The molecule has 0 amide bonds. The van der Waals surface area contributed by atoms with Gasteiger partial charge in [0.15, 0.2) is 0 Å². The second kappa shape index (κ2) is 6.27. The molecule has 0 saturated heterocycles. The van der Waals surface area contributed by atoms with Crippen LogP contribution in [0, 0.1) is 10.5 Å². The van der Waals surface area contributed by atoms with Gasteiger partial charge in [0, 0.05) is 0 Å². The fourth-order valence-electron chi connectivity index (χ4n) is 1.24. The number of halogens is 2. The van der Waals surface area contributed by atoms with Crippen LogP contribution in [-0.4, -0.2) is 13.0 Å². The molecule has 1 aromatic carbocycles. The van der Waals surface area contributed by atoms with Crippen LogP contribution in [0.4, 0.5) is 0 Å². The number of phenols is 1. The van der Waals surface area contributed by atoms with E-state index >= 15 is 0 Å². The van der Waals surface area contributed by atoms with Crippen molar-refractivity contribution in [2.24, 2.45) is 0 Å². The van der Waals surface area contributed by atoms with Gasteiger partial charge in [-0.2, -0.15) is 0 Å². The zero-order chi connectivity index (χ0) is 11.4. The summed E-state index contributed by atoms with van der Waals surface area (Å²) < 4.78 is 2.88. The van der Waals surface area contributed by atoms with Gasteiger partial charge in [0.05, 0.1) is 0 Å². The van der Waals surface area contributed by atoms with Crippen molar-refractivity contribution in [2.45, 2.75) is 35.0 Å². The van der Waals surface area contributed by atoms with E-state index in [0.29, 0.717) is 5.75 Å². The van der Waals surface area contributed by atoms with Gasteiger partial charge in [0.25, 0.3) is 0 Å². The molecular formula is C12H17I2O-. The SMILES string of the molecule is CCC(I)C(C)[I-]c1ccc(C)c(O)c1. The molecule has 0 aromatic heterocycles. The Morgan fingerprint density at radius 2 is 2.13 bits per heavy atom. The molecule has 1 rings (SSSR count). The van der Waals surface area contributed by atoms with Gasteiger partial charge in [-0.05, 0) is 0 Å². The summed E-state index contributed by atoms with van der Waals surface area (Å²) >= 11 is 2.56. The van der Waals surface area contributed by atoms with Gasteiger partial charge >= 0.3 is 117 Å². The van der Waals surface area contributed by atoms with E-state index in [1.807, 2.05) is 19.1 Å². The summed E-state index contributed by atoms with van der Waals surface area (Å²) in [7, 11) is 0. The predicted octanol–water partition coefficient (Wildman–Crippen LogP) is 0.561. The normalized spacial score (nSPS) is 15.2. The van der Waals surface area contributed by atoms with Crippen LogP contribution in [0.15, 0.2) is 18.2 Å². The monoisotopic (exact) mass is 431 g/mol. The zero-order valence-corrected chi connectivity index (χ0v) is 13.6. The van der Waals surface area contributed by atoms with E-state index in [1.165, 1.54) is 9.99 Å². The summed E-state index contributed by atoms with van der Waals surface area (Å²) in [4.78, 5) is 0. The molecule has 1 nitrogen and oxygen atoms in total. The van der Waals surface area contributed by atoms with Gasteiger partial charge in [-0.15, -0.1) is 0 Å². The quantitative estimate of drug-likeness (QED) is 0.546. The van der Waals surface area contributed by atoms with E-state index in [2.05, 4.69) is 42.5 Å². The molecule has 0 bridgehead atoms. The molecule has 2 unspecified atom stereocenters. The Balaban J connectivity index is 2.68.